The van der Waals surface area contributed by atoms with Crippen LogP contribution in [-0.4, -0.2) is 42.7 Å². The minimum atomic E-state index is -3.63. The number of carbonyl (C=O) groups is 1. The standard InChI is InChI=1S/C21H24N4O3S2/c1-16-22-13-19(29-16)15-24(2)21(26)23-18-9-11-20(12-10-18)30(27,28)25(3)14-17-7-5-4-6-8-17/h4-13H,14-15H2,1-3H3,(H,23,26). The van der Waals surface area contributed by atoms with Gasteiger partial charge in [0, 0.05) is 37.4 Å². The van der Waals surface area contributed by atoms with E-state index in [1.165, 1.54) is 16.4 Å². The number of rotatable bonds is 7. The SMILES string of the molecule is Cc1ncc(CN(C)C(=O)Nc2ccc(S(=O)(=O)N(C)Cc3ccccc3)cc2)s1. The van der Waals surface area contributed by atoms with Crippen LogP contribution in [0.2, 0.25) is 0 Å². The van der Waals surface area contributed by atoms with Gasteiger partial charge in [0.2, 0.25) is 10.0 Å². The summed E-state index contributed by atoms with van der Waals surface area (Å²) in [4.78, 5) is 19.3. The van der Waals surface area contributed by atoms with E-state index in [2.05, 4.69) is 10.3 Å². The van der Waals surface area contributed by atoms with E-state index in [-0.39, 0.29) is 17.5 Å². The summed E-state index contributed by atoms with van der Waals surface area (Å²) in [6.45, 7) is 2.65. The minimum Gasteiger partial charge on any atom is -0.322 e. The highest BCUT2D eigenvalue weighted by atomic mass is 32.2. The van der Waals surface area contributed by atoms with Gasteiger partial charge in [-0.15, -0.1) is 11.3 Å². The number of sulfonamides is 1. The van der Waals surface area contributed by atoms with Gasteiger partial charge in [-0.2, -0.15) is 4.31 Å². The monoisotopic (exact) mass is 444 g/mol. The van der Waals surface area contributed by atoms with E-state index in [1.54, 1.807) is 48.7 Å². The Balaban J connectivity index is 1.62. The number of nitrogens with zero attached hydrogens (tertiary/aromatic N) is 3. The molecule has 30 heavy (non-hydrogen) atoms. The van der Waals surface area contributed by atoms with Crippen molar-refractivity contribution in [3.8, 4) is 0 Å². The van der Waals surface area contributed by atoms with E-state index < -0.39 is 10.0 Å². The summed E-state index contributed by atoms with van der Waals surface area (Å²) < 4.78 is 26.9. The Hall–Kier alpha value is -2.75. The first-order chi connectivity index (χ1) is 14.3. The zero-order valence-electron chi connectivity index (χ0n) is 17.1. The van der Waals surface area contributed by atoms with E-state index in [4.69, 9.17) is 0 Å². The zero-order chi connectivity index (χ0) is 21.7. The number of nitrogens with one attached hydrogen (secondary N) is 1. The molecule has 0 aliphatic carbocycles. The number of urea groups is 1. The van der Waals surface area contributed by atoms with Crippen molar-refractivity contribution in [2.45, 2.75) is 24.9 Å². The fourth-order valence-corrected chi connectivity index (χ4v) is 4.83. The van der Waals surface area contributed by atoms with Crippen LogP contribution < -0.4 is 5.32 Å². The Kier molecular flexibility index (Phi) is 6.86. The summed E-state index contributed by atoms with van der Waals surface area (Å²) in [6, 6.07) is 15.3. The first-order valence-corrected chi connectivity index (χ1v) is 11.5. The van der Waals surface area contributed by atoms with E-state index in [0.717, 1.165) is 15.4 Å². The number of thiazole rings is 1. The van der Waals surface area contributed by atoms with Gasteiger partial charge in [-0.1, -0.05) is 30.3 Å². The maximum absolute atomic E-state index is 12.8. The Bertz CT molecular complexity index is 1100. The minimum absolute atomic E-state index is 0.174. The topological polar surface area (TPSA) is 82.6 Å². The van der Waals surface area contributed by atoms with Crippen LogP contribution in [0.3, 0.4) is 0 Å². The predicted molar refractivity (Wildman–Crippen MR) is 119 cm³/mol. The summed E-state index contributed by atoms with van der Waals surface area (Å²) in [5.41, 5.74) is 1.43. The molecule has 0 atom stereocenters. The van der Waals surface area contributed by atoms with Crippen molar-refractivity contribution >= 4 is 33.1 Å². The lowest BCUT2D eigenvalue weighted by molar-refractivity contribution is 0.221. The summed E-state index contributed by atoms with van der Waals surface area (Å²) in [5.74, 6) is 0. The fraction of sp³-hybridized carbons (Fsp3) is 0.238. The van der Waals surface area contributed by atoms with Crippen LogP contribution in [0.1, 0.15) is 15.4 Å². The molecule has 2 amide bonds. The van der Waals surface area contributed by atoms with E-state index in [1.807, 2.05) is 37.3 Å². The molecular formula is C21H24N4O3S2. The van der Waals surface area contributed by atoms with Gasteiger partial charge in [0.05, 0.1) is 16.4 Å². The van der Waals surface area contributed by atoms with Gasteiger partial charge in [-0.25, -0.2) is 18.2 Å². The number of anilines is 1. The normalized spacial score (nSPS) is 11.5. The number of aromatic nitrogens is 1. The second kappa shape index (κ2) is 9.38. The van der Waals surface area contributed by atoms with Crippen molar-refractivity contribution in [3.63, 3.8) is 0 Å². The fourth-order valence-electron chi connectivity index (χ4n) is 2.82. The number of hydrogen-bond donors (Lipinski definition) is 1. The maximum Gasteiger partial charge on any atom is 0.321 e. The van der Waals surface area contributed by atoms with E-state index in [0.29, 0.717) is 12.2 Å². The van der Waals surface area contributed by atoms with Crippen LogP contribution in [0.4, 0.5) is 10.5 Å². The zero-order valence-corrected chi connectivity index (χ0v) is 18.7. The van der Waals surface area contributed by atoms with Gasteiger partial charge in [0.25, 0.3) is 0 Å². The number of benzene rings is 2. The summed E-state index contributed by atoms with van der Waals surface area (Å²) in [7, 11) is -0.387. The molecule has 158 valence electrons. The van der Waals surface area contributed by atoms with E-state index in [9.17, 15) is 13.2 Å². The lowest BCUT2D eigenvalue weighted by Crippen LogP contribution is -2.30. The van der Waals surface area contributed by atoms with Crippen molar-refractivity contribution in [2.24, 2.45) is 0 Å². The lowest BCUT2D eigenvalue weighted by Gasteiger charge is -2.19. The molecule has 9 heteroatoms. The molecule has 0 saturated carbocycles. The maximum atomic E-state index is 12.8. The van der Waals surface area contributed by atoms with Crippen LogP contribution in [0.5, 0.6) is 0 Å². The number of amides is 2. The lowest BCUT2D eigenvalue weighted by atomic mass is 10.2. The molecule has 0 bridgehead atoms. The number of carbonyl (C=O) groups excluding carboxylic acids is 1. The van der Waals surface area contributed by atoms with Crippen LogP contribution in [0.25, 0.3) is 0 Å². The predicted octanol–water partition coefficient (Wildman–Crippen LogP) is 3.94. The van der Waals surface area contributed by atoms with Crippen molar-refractivity contribution in [2.75, 3.05) is 19.4 Å². The van der Waals surface area contributed by atoms with Gasteiger partial charge < -0.3 is 10.2 Å². The quantitative estimate of drug-likeness (QED) is 0.598. The van der Waals surface area contributed by atoms with E-state index >= 15 is 0 Å². The molecule has 0 aliphatic rings. The first kappa shape index (κ1) is 21.9. The molecule has 0 unspecified atom stereocenters. The summed E-state index contributed by atoms with van der Waals surface area (Å²) >= 11 is 1.54. The van der Waals surface area contributed by atoms with Crippen LogP contribution in [-0.2, 0) is 23.1 Å². The van der Waals surface area contributed by atoms with Crippen LogP contribution >= 0.6 is 11.3 Å². The second-order valence-corrected chi connectivity index (χ2v) is 10.3. The molecule has 2 aromatic carbocycles. The third kappa shape index (κ3) is 5.44. The molecule has 0 spiro atoms. The molecule has 3 aromatic rings. The Morgan fingerprint density at radius 1 is 1.03 bits per heavy atom. The molecule has 1 aromatic heterocycles. The summed E-state index contributed by atoms with van der Waals surface area (Å²) in [6.07, 6.45) is 1.76. The average molecular weight is 445 g/mol. The molecule has 7 nitrogen and oxygen atoms in total. The largest absolute Gasteiger partial charge is 0.322 e. The van der Waals surface area contributed by atoms with Gasteiger partial charge >= 0.3 is 6.03 Å². The highest BCUT2D eigenvalue weighted by Gasteiger charge is 2.21. The van der Waals surface area contributed by atoms with Crippen molar-refractivity contribution in [3.05, 3.63) is 76.2 Å². The Morgan fingerprint density at radius 2 is 1.70 bits per heavy atom. The van der Waals surface area contributed by atoms with Crippen molar-refractivity contribution < 1.29 is 13.2 Å². The molecular weight excluding hydrogens is 420 g/mol. The molecule has 0 fully saturated rings. The third-order valence-corrected chi connectivity index (χ3v) is 7.19. The van der Waals surface area contributed by atoms with Crippen molar-refractivity contribution in [1.29, 1.82) is 0 Å². The first-order valence-electron chi connectivity index (χ1n) is 9.29. The van der Waals surface area contributed by atoms with Gasteiger partial charge in [-0.05, 0) is 36.8 Å². The molecule has 0 radical (unpaired) electrons. The Morgan fingerprint density at radius 3 is 2.30 bits per heavy atom. The van der Waals surface area contributed by atoms with Crippen LogP contribution in [0, 0.1) is 6.92 Å². The smallest absolute Gasteiger partial charge is 0.321 e. The van der Waals surface area contributed by atoms with Crippen LogP contribution in [0.15, 0.2) is 65.7 Å². The molecule has 0 aliphatic heterocycles. The molecule has 1 heterocycles. The Labute approximate surface area is 181 Å². The molecule has 1 N–H and O–H groups in total. The average Bonchev–Trinajstić information content (AvgIpc) is 3.13. The molecule has 0 saturated heterocycles. The number of aryl methyl sites for hydroxylation is 1. The van der Waals surface area contributed by atoms with Gasteiger partial charge in [-0.3, -0.25) is 0 Å². The molecule has 3 rings (SSSR count). The summed E-state index contributed by atoms with van der Waals surface area (Å²) in [5, 5.41) is 3.73. The number of hydrogen-bond acceptors (Lipinski definition) is 5. The highest BCUT2D eigenvalue weighted by molar-refractivity contribution is 7.89. The van der Waals surface area contributed by atoms with Gasteiger partial charge in [0.15, 0.2) is 0 Å². The van der Waals surface area contributed by atoms with Gasteiger partial charge in [0.1, 0.15) is 0 Å². The second-order valence-electron chi connectivity index (χ2n) is 6.90. The van der Waals surface area contributed by atoms with Crippen molar-refractivity contribution in [1.82, 2.24) is 14.2 Å². The third-order valence-electron chi connectivity index (χ3n) is 4.47. The highest BCUT2D eigenvalue weighted by Crippen LogP contribution is 2.20.